The SMILES string of the molecule is COc1cccc(CCC(=O)OCC(=O)c2ccc(Cl)c(Cl)c2)c1OC. The van der Waals surface area contributed by atoms with Crippen LogP contribution in [0.25, 0.3) is 0 Å². The average molecular weight is 397 g/mol. The number of hydrogen-bond acceptors (Lipinski definition) is 5. The zero-order valence-corrected chi connectivity index (χ0v) is 15.9. The van der Waals surface area contributed by atoms with E-state index in [2.05, 4.69) is 0 Å². The first kappa shape index (κ1) is 20.1. The fourth-order valence-corrected chi connectivity index (χ4v) is 2.66. The Morgan fingerprint density at radius 2 is 1.77 bits per heavy atom. The first-order chi connectivity index (χ1) is 12.5. The van der Waals surface area contributed by atoms with Crippen LogP contribution < -0.4 is 9.47 Å². The molecule has 0 N–H and O–H groups in total. The Labute approximate surface area is 161 Å². The van der Waals surface area contributed by atoms with Crippen LogP contribution in [0.4, 0.5) is 0 Å². The lowest BCUT2D eigenvalue weighted by molar-refractivity contribution is -0.142. The molecule has 0 bridgehead atoms. The van der Waals surface area contributed by atoms with Crippen LogP contribution in [0.5, 0.6) is 11.5 Å². The van der Waals surface area contributed by atoms with Crippen molar-refractivity contribution in [3.63, 3.8) is 0 Å². The molecule has 2 aromatic rings. The third-order valence-corrected chi connectivity index (χ3v) is 4.43. The van der Waals surface area contributed by atoms with Crippen molar-refractivity contribution in [2.24, 2.45) is 0 Å². The first-order valence-electron chi connectivity index (χ1n) is 7.80. The van der Waals surface area contributed by atoms with Crippen molar-refractivity contribution >= 4 is 35.0 Å². The molecule has 0 saturated heterocycles. The third kappa shape index (κ3) is 5.13. The Morgan fingerprint density at radius 1 is 1.00 bits per heavy atom. The number of esters is 1. The summed E-state index contributed by atoms with van der Waals surface area (Å²) in [7, 11) is 3.08. The topological polar surface area (TPSA) is 61.8 Å². The highest BCUT2D eigenvalue weighted by Crippen LogP contribution is 2.31. The van der Waals surface area contributed by atoms with Crippen molar-refractivity contribution in [3.8, 4) is 11.5 Å². The van der Waals surface area contributed by atoms with Gasteiger partial charge in [0.05, 0.1) is 24.3 Å². The van der Waals surface area contributed by atoms with E-state index in [1.165, 1.54) is 25.3 Å². The van der Waals surface area contributed by atoms with Crippen LogP contribution in [-0.4, -0.2) is 32.6 Å². The normalized spacial score (nSPS) is 10.3. The van der Waals surface area contributed by atoms with Crippen LogP contribution in [0.3, 0.4) is 0 Å². The van der Waals surface area contributed by atoms with Crippen molar-refractivity contribution in [1.29, 1.82) is 0 Å². The predicted octanol–water partition coefficient (Wildman–Crippen LogP) is 4.37. The van der Waals surface area contributed by atoms with Crippen LogP contribution in [-0.2, 0) is 16.0 Å². The number of ether oxygens (including phenoxy) is 3. The first-order valence-corrected chi connectivity index (χ1v) is 8.55. The van der Waals surface area contributed by atoms with E-state index in [9.17, 15) is 9.59 Å². The number of halogens is 2. The number of para-hydroxylation sites is 1. The van der Waals surface area contributed by atoms with E-state index in [0.717, 1.165) is 5.56 Å². The van der Waals surface area contributed by atoms with E-state index in [4.69, 9.17) is 37.4 Å². The third-order valence-electron chi connectivity index (χ3n) is 3.69. The molecule has 138 valence electrons. The number of methoxy groups -OCH3 is 2. The summed E-state index contributed by atoms with van der Waals surface area (Å²) in [5.74, 6) is 0.335. The lowest BCUT2D eigenvalue weighted by Crippen LogP contribution is -2.14. The molecule has 0 heterocycles. The quantitative estimate of drug-likeness (QED) is 0.489. The van der Waals surface area contributed by atoms with Crippen LogP contribution in [0.2, 0.25) is 10.0 Å². The molecule has 26 heavy (non-hydrogen) atoms. The predicted molar refractivity (Wildman–Crippen MR) is 99.6 cm³/mol. The van der Waals surface area contributed by atoms with Crippen LogP contribution in [0.15, 0.2) is 36.4 Å². The zero-order valence-electron chi connectivity index (χ0n) is 14.4. The van der Waals surface area contributed by atoms with Gasteiger partial charge < -0.3 is 14.2 Å². The van der Waals surface area contributed by atoms with Crippen molar-refractivity contribution in [2.45, 2.75) is 12.8 Å². The highest BCUT2D eigenvalue weighted by Gasteiger charge is 2.14. The number of aryl methyl sites for hydroxylation is 1. The van der Waals surface area contributed by atoms with Gasteiger partial charge in [-0.3, -0.25) is 9.59 Å². The van der Waals surface area contributed by atoms with Gasteiger partial charge in [0.25, 0.3) is 0 Å². The minimum atomic E-state index is -0.483. The summed E-state index contributed by atoms with van der Waals surface area (Å²) in [6.07, 6.45) is 0.512. The van der Waals surface area contributed by atoms with E-state index >= 15 is 0 Å². The Kier molecular flexibility index (Phi) is 7.30. The monoisotopic (exact) mass is 396 g/mol. The molecule has 7 heteroatoms. The Morgan fingerprint density at radius 3 is 2.42 bits per heavy atom. The van der Waals surface area contributed by atoms with Gasteiger partial charge in [-0.15, -0.1) is 0 Å². The molecular weight excluding hydrogens is 379 g/mol. The highest BCUT2D eigenvalue weighted by atomic mass is 35.5. The average Bonchev–Trinajstić information content (AvgIpc) is 2.65. The molecule has 0 fully saturated rings. The summed E-state index contributed by atoms with van der Waals surface area (Å²) in [5, 5.41) is 0.626. The maximum atomic E-state index is 12.1. The van der Waals surface area contributed by atoms with Gasteiger partial charge in [-0.25, -0.2) is 0 Å². The summed E-state index contributed by atoms with van der Waals surface area (Å²) in [5.41, 5.74) is 1.15. The molecule has 0 unspecified atom stereocenters. The Bertz CT molecular complexity index is 805. The van der Waals surface area contributed by atoms with E-state index in [-0.39, 0.29) is 23.8 Å². The second-order valence-electron chi connectivity index (χ2n) is 5.37. The molecule has 2 aromatic carbocycles. The second kappa shape index (κ2) is 9.46. The summed E-state index contributed by atoms with van der Waals surface area (Å²) < 4.78 is 15.6. The molecule has 0 atom stereocenters. The van der Waals surface area contributed by atoms with Crippen molar-refractivity contribution in [2.75, 3.05) is 20.8 Å². The van der Waals surface area contributed by atoms with Gasteiger partial charge in [0.1, 0.15) is 0 Å². The molecule has 0 spiro atoms. The van der Waals surface area contributed by atoms with Gasteiger partial charge in [-0.1, -0.05) is 35.3 Å². The van der Waals surface area contributed by atoms with E-state index in [0.29, 0.717) is 28.5 Å². The molecule has 0 radical (unpaired) electrons. The van der Waals surface area contributed by atoms with Gasteiger partial charge >= 0.3 is 5.97 Å². The minimum absolute atomic E-state index is 0.109. The van der Waals surface area contributed by atoms with Crippen molar-refractivity contribution in [1.82, 2.24) is 0 Å². The molecule has 0 aromatic heterocycles. The molecule has 0 amide bonds. The maximum Gasteiger partial charge on any atom is 0.306 e. The zero-order chi connectivity index (χ0) is 19.1. The van der Waals surface area contributed by atoms with Crippen molar-refractivity contribution < 1.29 is 23.8 Å². The molecule has 0 aliphatic carbocycles. The van der Waals surface area contributed by atoms with Gasteiger partial charge in [-0.2, -0.15) is 0 Å². The standard InChI is InChI=1S/C19H18Cl2O5/c1-24-17-5-3-4-12(19(17)25-2)7-9-18(23)26-11-16(22)13-6-8-14(20)15(21)10-13/h3-6,8,10H,7,9,11H2,1-2H3. The lowest BCUT2D eigenvalue weighted by atomic mass is 10.1. The van der Waals surface area contributed by atoms with Crippen LogP contribution in [0.1, 0.15) is 22.3 Å². The molecule has 0 aliphatic heterocycles. The number of carbonyl (C=O) groups excluding carboxylic acids is 2. The largest absolute Gasteiger partial charge is 0.493 e. The summed E-state index contributed by atoms with van der Waals surface area (Å²) in [6.45, 7) is -0.355. The van der Waals surface area contributed by atoms with Crippen molar-refractivity contribution in [3.05, 3.63) is 57.6 Å². The molecule has 0 saturated carbocycles. The molecular formula is C19H18Cl2O5. The van der Waals surface area contributed by atoms with E-state index < -0.39 is 5.97 Å². The highest BCUT2D eigenvalue weighted by molar-refractivity contribution is 6.42. The van der Waals surface area contributed by atoms with Gasteiger partial charge in [-0.05, 0) is 36.2 Å². The maximum absolute atomic E-state index is 12.1. The number of hydrogen-bond donors (Lipinski definition) is 0. The van der Waals surface area contributed by atoms with Gasteiger partial charge in [0, 0.05) is 12.0 Å². The number of ketones is 1. The lowest BCUT2D eigenvalue weighted by Gasteiger charge is -2.12. The minimum Gasteiger partial charge on any atom is -0.493 e. The fraction of sp³-hybridized carbons (Fsp3) is 0.263. The Hall–Kier alpha value is -2.24. The fourth-order valence-electron chi connectivity index (χ4n) is 2.36. The number of benzene rings is 2. The van der Waals surface area contributed by atoms with E-state index in [1.54, 1.807) is 13.2 Å². The van der Waals surface area contributed by atoms with Crippen LogP contribution in [0, 0.1) is 0 Å². The summed E-state index contributed by atoms with van der Waals surface area (Å²) in [4.78, 5) is 24.0. The number of carbonyl (C=O) groups is 2. The molecule has 0 aliphatic rings. The molecule has 5 nitrogen and oxygen atoms in total. The smallest absolute Gasteiger partial charge is 0.306 e. The van der Waals surface area contributed by atoms with E-state index in [1.807, 2.05) is 12.1 Å². The van der Waals surface area contributed by atoms with Gasteiger partial charge in [0.15, 0.2) is 23.9 Å². The second-order valence-corrected chi connectivity index (χ2v) is 6.18. The summed E-state index contributed by atoms with van der Waals surface area (Å²) >= 11 is 11.7. The number of rotatable bonds is 8. The van der Waals surface area contributed by atoms with Crippen LogP contribution >= 0.6 is 23.2 Å². The van der Waals surface area contributed by atoms with Gasteiger partial charge in [0.2, 0.25) is 0 Å². The Balaban J connectivity index is 1.89. The number of Topliss-reactive ketones (excluding diaryl/α,β-unsaturated/α-hetero) is 1. The summed E-state index contributed by atoms with van der Waals surface area (Å²) in [6, 6.07) is 9.93. The molecule has 2 rings (SSSR count).